The number of carbonyl (C=O) groups is 2. The predicted octanol–water partition coefficient (Wildman–Crippen LogP) is 3.70. The highest BCUT2D eigenvalue weighted by molar-refractivity contribution is 5.96. The van der Waals surface area contributed by atoms with E-state index >= 15 is 0 Å². The molecule has 2 aromatic carbocycles. The van der Waals surface area contributed by atoms with E-state index in [9.17, 15) is 9.59 Å². The second-order valence-electron chi connectivity index (χ2n) is 7.78. The third-order valence-corrected chi connectivity index (χ3v) is 5.25. The summed E-state index contributed by atoms with van der Waals surface area (Å²) in [6, 6.07) is 17.9. The van der Waals surface area contributed by atoms with Crippen LogP contribution in [0.5, 0.6) is 0 Å². The molecular formula is C23H26N2O2. The van der Waals surface area contributed by atoms with E-state index in [1.54, 1.807) is 0 Å². The highest BCUT2D eigenvalue weighted by atomic mass is 16.2. The first kappa shape index (κ1) is 17.8. The van der Waals surface area contributed by atoms with E-state index in [-0.39, 0.29) is 17.7 Å². The summed E-state index contributed by atoms with van der Waals surface area (Å²) in [7, 11) is 0. The van der Waals surface area contributed by atoms with Crippen molar-refractivity contribution < 1.29 is 9.59 Å². The van der Waals surface area contributed by atoms with Crippen LogP contribution in [0, 0.1) is 11.8 Å². The minimum atomic E-state index is 0.0576. The molecule has 0 bridgehead atoms. The van der Waals surface area contributed by atoms with Crippen LogP contribution in [0.15, 0.2) is 54.6 Å². The molecule has 0 aliphatic heterocycles. The Balaban J connectivity index is 1.48. The number of amides is 2. The van der Waals surface area contributed by atoms with Gasteiger partial charge in [0.2, 0.25) is 11.8 Å². The maximum atomic E-state index is 12.9. The first-order chi connectivity index (χ1) is 13.2. The molecule has 0 heterocycles. The Morgan fingerprint density at radius 2 is 1.67 bits per heavy atom. The molecule has 4 rings (SSSR count). The van der Waals surface area contributed by atoms with Crippen LogP contribution in [-0.2, 0) is 22.6 Å². The number of benzene rings is 2. The fourth-order valence-electron chi connectivity index (χ4n) is 3.28. The van der Waals surface area contributed by atoms with Gasteiger partial charge in [0.25, 0.3) is 0 Å². The SMILES string of the molecule is O=C(Cc1cccc(N(Cc2ccccc2)C(=O)C2CC2)c1)NCC1CC1. The lowest BCUT2D eigenvalue weighted by molar-refractivity contribution is -0.121. The van der Waals surface area contributed by atoms with E-state index in [4.69, 9.17) is 0 Å². The maximum absolute atomic E-state index is 12.9. The standard InChI is InChI=1S/C23H26N2O2/c26-22(24-15-17-9-10-17)14-19-7-4-8-21(13-19)25(23(27)20-11-12-20)16-18-5-2-1-3-6-18/h1-8,13,17,20H,9-12,14-16H2,(H,24,26). The zero-order chi connectivity index (χ0) is 18.6. The number of nitrogens with zero attached hydrogens (tertiary/aromatic N) is 1. The second kappa shape index (κ2) is 7.95. The Hall–Kier alpha value is -2.62. The molecule has 0 spiro atoms. The smallest absolute Gasteiger partial charge is 0.230 e. The van der Waals surface area contributed by atoms with Crippen LogP contribution in [0.1, 0.15) is 36.8 Å². The van der Waals surface area contributed by atoms with Gasteiger partial charge in [-0.15, -0.1) is 0 Å². The van der Waals surface area contributed by atoms with Gasteiger partial charge in [0.1, 0.15) is 0 Å². The molecule has 4 heteroatoms. The number of hydrogen-bond donors (Lipinski definition) is 1. The van der Waals surface area contributed by atoms with E-state index in [2.05, 4.69) is 5.32 Å². The maximum Gasteiger partial charge on any atom is 0.230 e. The van der Waals surface area contributed by atoms with Crippen molar-refractivity contribution in [1.29, 1.82) is 0 Å². The molecule has 2 fully saturated rings. The molecular weight excluding hydrogens is 336 g/mol. The van der Waals surface area contributed by atoms with E-state index in [0.29, 0.717) is 18.9 Å². The minimum absolute atomic E-state index is 0.0576. The Morgan fingerprint density at radius 1 is 0.926 bits per heavy atom. The molecule has 0 saturated heterocycles. The van der Waals surface area contributed by atoms with Crippen molar-refractivity contribution in [2.45, 2.75) is 38.6 Å². The van der Waals surface area contributed by atoms with Crippen molar-refractivity contribution >= 4 is 17.5 Å². The van der Waals surface area contributed by atoms with Gasteiger partial charge in [0, 0.05) is 18.2 Å². The average molecular weight is 362 g/mol. The van der Waals surface area contributed by atoms with Gasteiger partial charge < -0.3 is 10.2 Å². The average Bonchev–Trinajstić information content (AvgIpc) is 3.58. The molecule has 140 valence electrons. The lowest BCUT2D eigenvalue weighted by Crippen LogP contribution is -2.32. The quantitative estimate of drug-likeness (QED) is 0.778. The summed E-state index contributed by atoms with van der Waals surface area (Å²) in [5.74, 6) is 1.08. The van der Waals surface area contributed by atoms with Crippen molar-refractivity contribution in [3.8, 4) is 0 Å². The third-order valence-electron chi connectivity index (χ3n) is 5.25. The van der Waals surface area contributed by atoms with Gasteiger partial charge in [0.05, 0.1) is 13.0 Å². The van der Waals surface area contributed by atoms with Crippen molar-refractivity contribution in [3.63, 3.8) is 0 Å². The monoisotopic (exact) mass is 362 g/mol. The summed E-state index contributed by atoms with van der Waals surface area (Å²) >= 11 is 0. The largest absolute Gasteiger partial charge is 0.356 e. The van der Waals surface area contributed by atoms with Crippen LogP contribution >= 0.6 is 0 Å². The summed E-state index contributed by atoms with van der Waals surface area (Å²) in [5, 5.41) is 3.01. The lowest BCUT2D eigenvalue weighted by Gasteiger charge is -2.24. The number of carbonyl (C=O) groups excluding carboxylic acids is 2. The fraction of sp³-hybridized carbons (Fsp3) is 0.391. The van der Waals surface area contributed by atoms with Crippen LogP contribution in [0.2, 0.25) is 0 Å². The highest BCUT2D eigenvalue weighted by Gasteiger charge is 2.34. The van der Waals surface area contributed by atoms with Crippen LogP contribution < -0.4 is 10.2 Å². The van der Waals surface area contributed by atoms with Crippen LogP contribution in [0.4, 0.5) is 5.69 Å². The summed E-state index contributed by atoms with van der Waals surface area (Å²) in [4.78, 5) is 26.9. The fourth-order valence-corrected chi connectivity index (χ4v) is 3.28. The van der Waals surface area contributed by atoms with E-state index < -0.39 is 0 Å². The van der Waals surface area contributed by atoms with Crippen molar-refractivity contribution in [2.75, 3.05) is 11.4 Å². The Labute approximate surface area is 160 Å². The number of anilines is 1. The first-order valence-electron chi connectivity index (χ1n) is 9.90. The Morgan fingerprint density at radius 3 is 2.37 bits per heavy atom. The van der Waals surface area contributed by atoms with Gasteiger partial charge >= 0.3 is 0 Å². The van der Waals surface area contributed by atoms with Gasteiger partial charge in [-0.1, -0.05) is 42.5 Å². The van der Waals surface area contributed by atoms with Crippen LogP contribution in [-0.4, -0.2) is 18.4 Å². The van der Waals surface area contributed by atoms with Gasteiger partial charge in [0.15, 0.2) is 0 Å². The first-order valence-corrected chi connectivity index (χ1v) is 9.90. The number of rotatable bonds is 8. The zero-order valence-electron chi connectivity index (χ0n) is 15.6. The minimum Gasteiger partial charge on any atom is -0.356 e. The van der Waals surface area contributed by atoms with Crippen molar-refractivity contribution in [2.24, 2.45) is 11.8 Å². The summed E-state index contributed by atoms with van der Waals surface area (Å²) < 4.78 is 0. The normalized spacial score (nSPS) is 16.0. The molecule has 0 radical (unpaired) electrons. The highest BCUT2D eigenvalue weighted by Crippen LogP contribution is 2.34. The molecule has 4 nitrogen and oxygen atoms in total. The predicted molar refractivity (Wildman–Crippen MR) is 106 cm³/mol. The van der Waals surface area contributed by atoms with Gasteiger partial charge in [-0.05, 0) is 54.9 Å². The Kier molecular flexibility index (Phi) is 5.23. The zero-order valence-corrected chi connectivity index (χ0v) is 15.6. The molecule has 2 amide bonds. The van der Waals surface area contributed by atoms with Crippen LogP contribution in [0.3, 0.4) is 0 Å². The molecule has 2 aromatic rings. The van der Waals surface area contributed by atoms with Crippen molar-refractivity contribution in [3.05, 3.63) is 65.7 Å². The topological polar surface area (TPSA) is 49.4 Å². The molecule has 1 N–H and O–H groups in total. The Bertz CT molecular complexity index is 810. The molecule has 0 aromatic heterocycles. The van der Waals surface area contributed by atoms with Gasteiger partial charge in [-0.3, -0.25) is 9.59 Å². The molecule has 2 aliphatic rings. The molecule has 27 heavy (non-hydrogen) atoms. The molecule has 2 aliphatic carbocycles. The molecule has 0 unspecified atom stereocenters. The third kappa shape index (κ3) is 4.97. The van der Waals surface area contributed by atoms with Gasteiger partial charge in [-0.2, -0.15) is 0 Å². The summed E-state index contributed by atoms with van der Waals surface area (Å²) in [6.07, 6.45) is 4.78. The number of hydrogen-bond acceptors (Lipinski definition) is 2. The van der Waals surface area contributed by atoms with E-state index in [1.807, 2.05) is 59.5 Å². The van der Waals surface area contributed by atoms with Gasteiger partial charge in [-0.25, -0.2) is 0 Å². The number of nitrogens with one attached hydrogen (secondary N) is 1. The summed E-state index contributed by atoms with van der Waals surface area (Å²) in [6.45, 7) is 1.35. The second-order valence-corrected chi connectivity index (χ2v) is 7.78. The molecule has 0 atom stereocenters. The van der Waals surface area contributed by atoms with Crippen molar-refractivity contribution in [1.82, 2.24) is 5.32 Å². The molecule has 2 saturated carbocycles. The van der Waals surface area contributed by atoms with E-state index in [1.165, 1.54) is 12.8 Å². The van der Waals surface area contributed by atoms with E-state index in [0.717, 1.165) is 36.2 Å². The lowest BCUT2D eigenvalue weighted by atomic mass is 10.1. The van der Waals surface area contributed by atoms with Crippen LogP contribution in [0.25, 0.3) is 0 Å². The summed E-state index contributed by atoms with van der Waals surface area (Å²) in [5.41, 5.74) is 2.93.